The van der Waals surface area contributed by atoms with Crippen LogP contribution in [0.5, 0.6) is 0 Å². The molecule has 0 bridgehead atoms. The van der Waals surface area contributed by atoms with Crippen molar-refractivity contribution in [3.8, 4) is 0 Å². The monoisotopic (exact) mass is 469 g/mol. The van der Waals surface area contributed by atoms with Crippen molar-refractivity contribution in [1.29, 1.82) is 0 Å². The molecule has 182 valence electrons. The van der Waals surface area contributed by atoms with Crippen LogP contribution in [-0.4, -0.2) is 30.3 Å². The van der Waals surface area contributed by atoms with Crippen molar-refractivity contribution in [1.82, 2.24) is 4.90 Å². The predicted molar refractivity (Wildman–Crippen MR) is 141 cm³/mol. The van der Waals surface area contributed by atoms with Crippen molar-refractivity contribution in [2.24, 2.45) is 5.41 Å². The lowest BCUT2D eigenvalue weighted by molar-refractivity contribution is 0.0208. The van der Waals surface area contributed by atoms with Crippen molar-refractivity contribution in [2.75, 3.05) is 19.6 Å². The van der Waals surface area contributed by atoms with E-state index in [0.29, 0.717) is 17.9 Å². The Morgan fingerprint density at radius 1 is 1.03 bits per heavy atom. The Morgan fingerprint density at radius 3 is 2.51 bits per heavy atom. The van der Waals surface area contributed by atoms with Gasteiger partial charge in [-0.2, -0.15) is 0 Å². The van der Waals surface area contributed by atoms with Crippen LogP contribution in [0.15, 0.2) is 72.8 Å². The number of benzene rings is 3. The second kappa shape index (κ2) is 9.35. The van der Waals surface area contributed by atoms with Crippen molar-refractivity contribution in [3.05, 3.63) is 106 Å². The Bertz CT molecular complexity index is 1200. The molecule has 3 aromatic carbocycles. The van der Waals surface area contributed by atoms with Gasteiger partial charge in [0.2, 0.25) is 0 Å². The minimum atomic E-state index is -0.302. The maximum absolute atomic E-state index is 13.2. The molecule has 35 heavy (non-hydrogen) atoms. The van der Waals surface area contributed by atoms with E-state index in [9.17, 15) is 9.18 Å². The number of carbonyl (C=O) groups is 1. The molecule has 0 spiro atoms. The first-order valence-electron chi connectivity index (χ1n) is 13.0. The number of aryl methyl sites for hydroxylation is 1. The largest absolute Gasteiger partial charge is 0.302 e. The van der Waals surface area contributed by atoms with Gasteiger partial charge in [0.05, 0.1) is 0 Å². The number of halogens is 1. The summed E-state index contributed by atoms with van der Waals surface area (Å²) >= 11 is 0. The summed E-state index contributed by atoms with van der Waals surface area (Å²) in [5.41, 5.74) is 6.66. The van der Waals surface area contributed by atoms with Gasteiger partial charge in [-0.15, -0.1) is 0 Å². The van der Waals surface area contributed by atoms with E-state index >= 15 is 0 Å². The highest BCUT2D eigenvalue weighted by molar-refractivity contribution is 5.95. The topological polar surface area (TPSA) is 20.3 Å². The number of hydrogen-bond donors (Lipinski definition) is 0. The van der Waals surface area contributed by atoms with E-state index in [1.165, 1.54) is 34.4 Å². The molecule has 1 heterocycles. The van der Waals surface area contributed by atoms with Gasteiger partial charge in [0, 0.05) is 23.9 Å². The lowest BCUT2D eigenvalue weighted by atomic mass is 9.58. The summed E-state index contributed by atoms with van der Waals surface area (Å²) in [6.07, 6.45) is 3.56. The fraction of sp³-hybridized carbons (Fsp3) is 0.406. The fourth-order valence-electron chi connectivity index (χ4n) is 6.74. The maximum Gasteiger partial charge on any atom is 0.162 e. The first-order valence-corrected chi connectivity index (χ1v) is 13.0. The number of nitrogens with zero attached hydrogens (tertiary/aromatic N) is 1. The van der Waals surface area contributed by atoms with Gasteiger partial charge in [-0.1, -0.05) is 67.9 Å². The Morgan fingerprint density at radius 2 is 1.77 bits per heavy atom. The van der Waals surface area contributed by atoms with E-state index in [1.54, 1.807) is 12.1 Å². The molecule has 3 atom stereocenters. The second-order valence-electron chi connectivity index (χ2n) is 11.1. The molecular weight excluding hydrogens is 433 g/mol. The zero-order valence-electron chi connectivity index (χ0n) is 21.2. The van der Waals surface area contributed by atoms with E-state index in [1.807, 2.05) is 0 Å². The number of hydrogen-bond acceptors (Lipinski definition) is 2. The molecular formula is C32H36FNO. The molecule has 1 fully saturated rings. The summed E-state index contributed by atoms with van der Waals surface area (Å²) in [6.45, 7) is 10.2. The van der Waals surface area contributed by atoms with Gasteiger partial charge in [0.25, 0.3) is 0 Å². The van der Waals surface area contributed by atoms with Crippen LogP contribution in [-0.2, 0) is 11.8 Å². The molecule has 1 unspecified atom stereocenters. The minimum absolute atomic E-state index is 0.0764. The third-order valence-electron chi connectivity index (χ3n) is 9.02. The Labute approximate surface area is 209 Å². The van der Waals surface area contributed by atoms with Gasteiger partial charge in [-0.25, -0.2) is 4.39 Å². The fourth-order valence-corrected chi connectivity index (χ4v) is 6.74. The molecule has 1 aliphatic carbocycles. The molecule has 3 heteroatoms. The summed E-state index contributed by atoms with van der Waals surface area (Å²) in [7, 11) is 0. The van der Waals surface area contributed by atoms with E-state index < -0.39 is 0 Å². The number of ketones is 1. The number of rotatable bonds is 7. The third-order valence-corrected chi connectivity index (χ3v) is 9.02. The average Bonchev–Trinajstić information content (AvgIpc) is 3.03. The molecule has 0 aromatic heterocycles. The van der Waals surface area contributed by atoms with Gasteiger partial charge >= 0.3 is 0 Å². The summed E-state index contributed by atoms with van der Waals surface area (Å²) in [6, 6.07) is 23.9. The SMILES string of the molecule is Cc1ccc2c(c1)[C@@]1(C)CN(CCCC(=O)c3ccc(F)cc3)CC[C@@]1(C)C2Cc1ccccc1. The van der Waals surface area contributed by atoms with Crippen LogP contribution < -0.4 is 0 Å². The van der Waals surface area contributed by atoms with Crippen LogP contribution in [0.3, 0.4) is 0 Å². The quantitative estimate of drug-likeness (QED) is 0.344. The van der Waals surface area contributed by atoms with Gasteiger partial charge in [0.1, 0.15) is 5.82 Å². The van der Waals surface area contributed by atoms with Crippen molar-refractivity contribution in [2.45, 2.75) is 57.8 Å². The standard InChI is InChI=1S/C32H36FNO/c1-23-11-16-27-28(20-23)32(3)22-34(18-7-10-30(35)25-12-14-26(33)15-13-25)19-17-31(32,2)29(27)21-24-8-5-4-6-9-24/h4-6,8-9,11-16,20,29H,7,10,17-19,21-22H2,1-3H3/t29?,31-,32+/m0/s1. The van der Waals surface area contributed by atoms with Gasteiger partial charge in [0.15, 0.2) is 5.78 Å². The molecule has 5 rings (SSSR count). The first kappa shape index (κ1) is 23.9. The van der Waals surface area contributed by atoms with Gasteiger partial charge < -0.3 is 4.90 Å². The molecule has 2 nitrogen and oxygen atoms in total. The smallest absolute Gasteiger partial charge is 0.162 e. The molecule has 0 amide bonds. The summed E-state index contributed by atoms with van der Waals surface area (Å²) in [4.78, 5) is 15.1. The lowest BCUT2D eigenvalue weighted by Gasteiger charge is -2.52. The maximum atomic E-state index is 13.2. The highest BCUT2D eigenvalue weighted by Crippen LogP contribution is 2.63. The first-order chi connectivity index (χ1) is 16.8. The van der Waals surface area contributed by atoms with Crippen molar-refractivity contribution in [3.63, 3.8) is 0 Å². The summed E-state index contributed by atoms with van der Waals surface area (Å²) < 4.78 is 13.2. The number of likely N-dealkylation sites (tertiary alicyclic amines) is 1. The Hall–Kier alpha value is -2.78. The highest BCUT2D eigenvalue weighted by atomic mass is 19.1. The number of fused-ring (bicyclic) bond motifs is 3. The van der Waals surface area contributed by atoms with Crippen LogP contribution >= 0.6 is 0 Å². The second-order valence-corrected chi connectivity index (χ2v) is 11.1. The minimum Gasteiger partial charge on any atom is -0.302 e. The zero-order valence-corrected chi connectivity index (χ0v) is 21.2. The summed E-state index contributed by atoms with van der Waals surface area (Å²) in [5, 5.41) is 0. The highest BCUT2D eigenvalue weighted by Gasteiger charge is 2.59. The zero-order chi connectivity index (χ0) is 24.6. The normalized spacial score (nSPS) is 25.8. The van der Waals surface area contributed by atoms with Crippen LogP contribution in [0.1, 0.15) is 71.6 Å². The van der Waals surface area contributed by atoms with Crippen molar-refractivity contribution >= 4 is 5.78 Å². The third kappa shape index (κ3) is 4.36. The lowest BCUT2D eigenvalue weighted by Crippen LogP contribution is -2.55. The molecule has 1 aliphatic heterocycles. The van der Waals surface area contributed by atoms with E-state index in [-0.39, 0.29) is 22.4 Å². The Kier molecular flexibility index (Phi) is 6.40. The predicted octanol–water partition coefficient (Wildman–Crippen LogP) is 7.11. The number of carbonyl (C=O) groups excluding carboxylic acids is 1. The number of Topliss-reactive ketones (excluding diaryl/α,β-unsaturated/α-hetero) is 1. The average molecular weight is 470 g/mol. The van der Waals surface area contributed by atoms with Gasteiger partial charge in [-0.05, 0) is 91.6 Å². The molecule has 0 N–H and O–H groups in total. The molecule has 2 aliphatic rings. The van der Waals surface area contributed by atoms with E-state index in [4.69, 9.17) is 0 Å². The van der Waals surface area contributed by atoms with Crippen LogP contribution in [0.25, 0.3) is 0 Å². The summed E-state index contributed by atoms with van der Waals surface area (Å²) in [5.74, 6) is 0.305. The molecule has 0 radical (unpaired) electrons. The van der Waals surface area contributed by atoms with Crippen LogP contribution in [0, 0.1) is 18.2 Å². The van der Waals surface area contributed by atoms with E-state index in [0.717, 1.165) is 38.9 Å². The molecule has 0 saturated carbocycles. The van der Waals surface area contributed by atoms with Crippen LogP contribution in [0.4, 0.5) is 4.39 Å². The van der Waals surface area contributed by atoms with Crippen molar-refractivity contribution < 1.29 is 9.18 Å². The van der Waals surface area contributed by atoms with Crippen LogP contribution in [0.2, 0.25) is 0 Å². The molecule has 3 aromatic rings. The molecule has 1 saturated heterocycles. The number of piperidine rings is 1. The van der Waals surface area contributed by atoms with E-state index in [2.05, 4.69) is 74.2 Å². The van der Waals surface area contributed by atoms with Gasteiger partial charge in [-0.3, -0.25) is 4.79 Å². The Balaban J connectivity index is 1.33.